The molecule has 124 valence electrons. The Hall–Kier alpha value is -0.980. The Bertz CT molecular complexity index is 332. The topological polar surface area (TPSA) is 39.7 Å². The maximum atomic E-state index is 12.2. The van der Waals surface area contributed by atoms with Crippen LogP contribution in [0.4, 0.5) is 13.2 Å². The number of guanidine groups is 1. The third-order valence-corrected chi connectivity index (χ3v) is 4.25. The van der Waals surface area contributed by atoms with Crippen molar-refractivity contribution >= 4 is 5.96 Å². The van der Waals surface area contributed by atoms with Gasteiger partial charge in [-0.3, -0.25) is 9.89 Å². The van der Waals surface area contributed by atoms with Gasteiger partial charge in [-0.1, -0.05) is 13.3 Å². The molecule has 0 bridgehead atoms. The number of alkyl halides is 3. The van der Waals surface area contributed by atoms with Crippen LogP contribution in [0.5, 0.6) is 0 Å². The number of nitrogens with zero attached hydrogens (tertiary/aromatic N) is 2. The fourth-order valence-electron chi connectivity index (χ4n) is 2.57. The minimum atomic E-state index is -4.15. The summed E-state index contributed by atoms with van der Waals surface area (Å²) in [4.78, 5) is 5.36. The van der Waals surface area contributed by atoms with Gasteiger partial charge in [0.25, 0.3) is 0 Å². The van der Waals surface area contributed by atoms with E-state index in [4.69, 9.17) is 0 Å². The van der Waals surface area contributed by atoms with Gasteiger partial charge in [0.2, 0.25) is 0 Å². The van der Waals surface area contributed by atoms with E-state index in [1.54, 1.807) is 7.05 Å². The van der Waals surface area contributed by atoms with E-state index in [1.165, 1.54) is 31.2 Å². The summed E-state index contributed by atoms with van der Waals surface area (Å²) in [6.45, 7) is 2.94. The first-order valence-electron chi connectivity index (χ1n) is 7.50. The van der Waals surface area contributed by atoms with Crippen LogP contribution in [0.3, 0.4) is 0 Å². The minimum absolute atomic E-state index is 0.319. The van der Waals surface area contributed by atoms with Crippen LogP contribution in [0.25, 0.3) is 0 Å². The van der Waals surface area contributed by atoms with Crippen molar-refractivity contribution in [3.63, 3.8) is 0 Å². The maximum Gasteiger partial charge on any atom is 0.401 e. The van der Waals surface area contributed by atoms with Crippen LogP contribution in [0.15, 0.2) is 4.99 Å². The molecule has 0 amide bonds. The molecular weight excluding hydrogens is 281 g/mol. The summed E-state index contributed by atoms with van der Waals surface area (Å²) in [5.74, 6) is 0.662. The second kappa shape index (κ2) is 7.87. The molecule has 1 rings (SSSR count). The summed E-state index contributed by atoms with van der Waals surface area (Å²) in [6.07, 6.45) is 0.755. The largest absolute Gasteiger partial charge is 0.401 e. The van der Waals surface area contributed by atoms with Gasteiger partial charge in [-0.25, -0.2) is 0 Å². The molecule has 0 aliphatic heterocycles. The number of nitrogens with one attached hydrogen (secondary N) is 2. The van der Waals surface area contributed by atoms with E-state index in [0.29, 0.717) is 24.5 Å². The number of halogens is 3. The van der Waals surface area contributed by atoms with E-state index in [1.807, 2.05) is 0 Å². The second-order valence-corrected chi connectivity index (χ2v) is 5.91. The maximum absolute atomic E-state index is 12.2. The highest BCUT2D eigenvalue weighted by Crippen LogP contribution is 2.42. The van der Waals surface area contributed by atoms with E-state index < -0.39 is 12.7 Å². The van der Waals surface area contributed by atoms with Gasteiger partial charge in [-0.05, 0) is 31.7 Å². The molecule has 0 aromatic carbocycles. The first-order chi connectivity index (χ1) is 9.80. The third-order valence-electron chi connectivity index (χ3n) is 4.25. The lowest BCUT2D eigenvalue weighted by atomic mass is 9.67. The molecule has 0 aromatic rings. The first kappa shape index (κ1) is 18.1. The summed E-state index contributed by atoms with van der Waals surface area (Å²) in [5, 5.41) is 6.34. The number of hydrogen-bond donors (Lipinski definition) is 2. The van der Waals surface area contributed by atoms with Crippen molar-refractivity contribution in [2.45, 2.75) is 38.8 Å². The smallest absolute Gasteiger partial charge is 0.356 e. The number of rotatable bonds is 7. The fourth-order valence-corrected chi connectivity index (χ4v) is 2.57. The molecule has 1 fully saturated rings. The zero-order valence-corrected chi connectivity index (χ0v) is 13.2. The van der Waals surface area contributed by atoms with E-state index in [2.05, 4.69) is 22.5 Å². The van der Waals surface area contributed by atoms with Crippen LogP contribution in [0.1, 0.15) is 32.6 Å². The Morgan fingerprint density at radius 2 is 1.95 bits per heavy atom. The van der Waals surface area contributed by atoms with Crippen molar-refractivity contribution in [3.05, 3.63) is 0 Å². The van der Waals surface area contributed by atoms with E-state index in [-0.39, 0.29) is 0 Å². The minimum Gasteiger partial charge on any atom is -0.356 e. The van der Waals surface area contributed by atoms with Crippen molar-refractivity contribution in [2.24, 2.45) is 10.4 Å². The van der Waals surface area contributed by atoms with E-state index in [0.717, 1.165) is 13.0 Å². The molecule has 0 spiro atoms. The Labute approximate surface area is 125 Å². The third kappa shape index (κ3) is 6.54. The molecule has 2 N–H and O–H groups in total. The van der Waals surface area contributed by atoms with E-state index >= 15 is 0 Å². The molecule has 0 unspecified atom stereocenters. The Balaban J connectivity index is 2.23. The van der Waals surface area contributed by atoms with Gasteiger partial charge in [0.15, 0.2) is 5.96 Å². The summed E-state index contributed by atoms with van der Waals surface area (Å²) in [6, 6.07) is 0. The quantitative estimate of drug-likeness (QED) is 0.560. The highest BCUT2D eigenvalue weighted by molar-refractivity contribution is 5.79. The molecule has 1 aliphatic rings. The fraction of sp³-hybridized carbons (Fsp3) is 0.929. The lowest BCUT2D eigenvalue weighted by Gasteiger charge is -2.41. The van der Waals surface area contributed by atoms with Crippen LogP contribution in [-0.4, -0.2) is 57.3 Å². The van der Waals surface area contributed by atoms with Gasteiger partial charge in [0, 0.05) is 26.7 Å². The Morgan fingerprint density at radius 3 is 2.38 bits per heavy atom. The Morgan fingerprint density at radius 1 is 1.29 bits per heavy atom. The van der Waals surface area contributed by atoms with Gasteiger partial charge in [-0.2, -0.15) is 13.2 Å². The normalized spacial score (nSPS) is 18.5. The van der Waals surface area contributed by atoms with Crippen molar-refractivity contribution in [3.8, 4) is 0 Å². The molecule has 4 nitrogen and oxygen atoms in total. The van der Waals surface area contributed by atoms with E-state index in [9.17, 15) is 13.2 Å². The molecule has 0 saturated heterocycles. The van der Waals surface area contributed by atoms with Crippen LogP contribution in [0, 0.1) is 5.41 Å². The van der Waals surface area contributed by atoms with Crippen molar-refractivity contribution < 1.29 is 13.2 Å². The predicted molar refractivity (Wildman–Crippen MR) is 79.5 cm³/mol. The Kier molecular flexibility index (Phi) is 6.77. The van der Waals surface area contributed by atoms with Crippen LogP contribution in [0.2, 0.25) is 0 Å². The molecule has 1 aliphatic carbocycles. The van der Waals surface area contributed by atoms with Gasteiger partial charge in [0.05, 0.1) is 6.54 Å². The van der Waals surface area contributed by atoms with Crippen molar-refractivity contribution in [1.82, 2.24) is 15.5 Å². The second-order valence-electron chi connectivity index (χ2n) is 5.91. The summed E-state index contributed by atoms with van der Waals surface area (Å²) < 4.78 is 36.6. The van der Waals surface area contributed by atoms with Gasteiger partial charge in [-0.15, -0.1) is 0 Å². The molecule has 0 radical (unpaired) electrons. The van der Waals surface area contributed by atoms with Gasteiger partial charge >= 0.3 is 6.18 Å². The molecule has 0 atom stereocenters. The molecule has 0 heterocycles. The SMILES string of the molecule is CCC1(CNC(=NC)NCCN(C)CC(F)(F)F)CCC1. The molecule has 7 heteroatoms. The zero-order valence-electron chi connectivity index (χ0n) is 13.2. The lowest BCUT2D eigenvalue weighted by molar-refractivity contribution is -0.142. The van der Waals surface area contributed by atoms with Crippen LogP contribution < -0.4 is 10.6 Å². The average Bonchev–Trinajstić information content (AvgIpc) is 2.33. The highest BCUT2D eigenvalue weighted by Gasteiger charge is 2.34. The lowest BCUT2D eigenvalue weighted by Crippen LogP contribution is -2.47. The zero-order chi connectivity index (χ0) is 15.9. The summed E-state index contributed by atoms with van der Waals surface area (Å²) in [5.41, 5.74) is 0.380. The summed E-state index contributed by atoms with van der Waals surface area (Å²) >= 11 is 0. The number of aliphatic imine (C=N–C) groups is 1. The van der Waals surface area contributed by atoms with Crippen molar-refractivity contribution in [1.29, 1.82) is 0 Å². The molecule has 21 heavy (non-hydrogen) atoms. The van der Waals surface area contributed by atoms with Gasteiger partial charge in [0.1, 0.15) is 0 Å². The number of hydrogen-bond acceptors (Lipinski definition) is 2. The van der Waals surface area contributed by atoms with Gasteiger partial charge < -0.3 is 10.6 Å². The average molecular weight is 308 g/mol. The first-order valence-corrected chi connectivity index (χ1v) is 7.50. The molecule has 1 saturated carbocycles. The molecular formula is C14H27F3N4. The van der Waals surface area contributed by atoms with Crippen LogP contribution in [-0.2, 0) is 0 Å². The predicted octanol–water partition coefficient (Wildman–Crippen LogP) is 2.23. The highest BCUT2D eigenvalue weighted by atomic mass is 19.4. The standard InChI is InChI=1S/C14H27F3N4/c1-4-13(6-5-7-13)10-20-12(18-2)19-8-9-21(3)11-14(15,16)17/h4-11H2,1-3H3,(H2,18,19,20). The number of likely N-dealkylation sites (N-methyl/N-ethyl adjacent to an activating group) is 1. The van der Waals surface area contributed by atoms with Crippen molar-refractivity contribution in [2.75, 3.05) is 40.3 Å². The molecule has 0 aromatic heterocycles. The summed E-state index contributed by atoms with van der Waals surface area (Å²) in [7, 11) is 3.14. The van der Waals surface area contributed by atoms with Crippen LogP contribution >= 0.6 is 0 Å². The monoisotopic (exact) mass is 308 g/mol.